The number of ether oxygens (including phenoxy) is 2. The number of aryl methyl sites for hydroxylation is 1. The van der Waals surface area contributed by atoms with Crippen molar-refractivity contribution in [1.82, 2.24) is 0 Å². The highest BCUT2D eigenvalue weighted by molar-refractivity contribution is 6.32. The first-order valence-corrected chi connectivity index (χ1v) is 13.0. The van der Waals surface area contributed by atoms with Crippen molar-refractivity contribution >= 4 is 23.4 Å². The van der Waals surface area contributed by atoms with Crippen LogP contribution in [0.1, 0.15) is 46.7 Å². The fraction of sp³-hybridized carbons (Fsp3) is 0.188. The van der Waals surface area contributed by atoms with Gasteiger partial charge in [0, 0.05) is 23.6 Å². The lowest BCUT2D eigenvalue weighted by molar-refractivity contribution is -0.139. The van der Waals surface area contributed by atoms with Gasteiger partial charge in [-0.25, -0.2) is 0 Å². The molecule has 0 saturated heterocycles. The van der Waals surface area contributed by atoms with Crippen molar-refractivity contribution in [2.75, 3.05) is 6.61 Å². The van der Waals surface area contributed by atoms with E-state index in [-0.39, 0.29) is 5.78 Å². The molecule has 1 heterocycles. The van der Waals surface area contributed by atoms with Crippen molar-refractivity contribution in [2.45, 2.75) is 31.6 Å². The van der Waals surface area contributed by atoms with E-state index in [1.54, 1.807) is 36.4 Å². The van der Waals surface area contributed by atoms with E-state index in [1.165, 1.54) is 16.7 Å². The summed E-state index contributed by atoms with van der Waals surface area (Å²) in [6.07, 6.45) is 2.46. The first kappa shape index (κ1) is 25.6. The van der Waals surface area contributed by atoms with E-state index >= 15 is 0 Å². The quantitative estimate of drug-likeness (QED) is 0.224. The SMILES string of the molecule is O=C(CCCc1ccc(-c2ccccc2)cc1)c1ccc(Oc2cc3c(cc2Cl)C(C(=O)O)CCO3)cc1. The molecule has 1 aliphatic rings. The average molecular weight is 527 g/mol. The van der Waals surface area contributed by atoms with Crippen molar-refractivity contribution in [3.8, 4) is 28.4 Å². The molecular weight excluding hydrogens is 500 g/mol. The predicted molar refractivity (Wildman–Crippen MR) is 148 cm³/mol. The second-order valence-electron chi connectivity index (χ2n) is 9.31. The number of rotatable bonds is 9. The van der Waals surface area contributed by atoms with Crippen LogP contribution in [0.25, 0.3) is 11.1 Å². The topological polar surface area (TPSA) is 72.8 Å². The van der Waals surface area contributed by atoms with Gasteiger partial charge in [0.15, 0.2) is 5.78 Å². The molecule has 1 atom stereocenters. The van der Waals surface area contributed by atoms with Crippen molar-refractivity contribution < 1.29 is 24.2 Å². The van der Waals surface area contributed by atoms with Crippen molar-refractivity contribution in [3.63, 3.8) is 0 Å². The number of hydrogen-bond acceptors (Lipinski definition) is 4. The molecule has 0 fully saturated rings. The van der Waals surface area contributed by atoms with Crippen LogP contribution in [0.3, 0.4) is 0 Å². The zero-order valence-corrected chi connectivity index (χ0v) is 21.5. The van der Waals surface area contributed by atoms with Gasteiger partial charge in [-0.2, -0.15) is 0 Å². The highest BCUT2D eigenvalue weighted by atomic mass is 35.5. The van der Waals surface area contributed by atoms with Gasteiger partial charge in [0.05, 0.1) is 17.5 Å². The van der Waals surface area contributed by atoms with Crippen LogP contribution < -0.4 is 9.47 Å². The number of ketones is 1. The van der Waals surface area contributed by atoms with Gasteiger partial charge in [0.25, 0.3) is 0 Å². The van der Waals surface area contributed by atoms with E-state index < -0.39 is 11.9 Å². The lowest BCUT2D eigenvalue weighted by Crippen LogP contribution is -2.20. The summed E-state index contributed by atoms with van der Waals surface area (Å²) in [6, 6.07) is 28.9. The zero-order valence-electron chi connectivity index (χ0n) is 20.7. The van der Waals surface area contributed by atoms with Crippen LogP contribution in [0.5, 0.6) is 17.2 Å². The van der Waals surface area contributed by atoms with Crippen molar-refractivity contribution in [3.05, 3.63) is 113 Å². The highest BCUT2D eigenvalue weighted by Gasteiger charge is 2.29. The van der Waals surface area contributed by atoms with E-state index in [2.05, 4.69) is 36.4 Å². The maximum Gasteiger partial charge on any atom is 0.311 e. The Morgan fingerprint density at radius 2 is 1.63 bits per heavy atom. The number of carboxylic acids is 1. The number of aliphatic carboxylic acids is 1. The Bertz CT molecular complexity index is 1430. The zero-order chi connectivity index (χ0) is 26.5. The Labute approximate surface area is 226 Å². The van der Waals surface area contributed by atoms with Gasteiger partial charge in [-0.15, -0.1) is 0 Å². The van der Waals surface area contributed by atoms with Crippen LogP contribution >= 0.6 is 11.6 Å². The van der Waals surface area contributed by atoms with Gasteiger partial charge in [-0.1, -0.05) is 66.2 Å². The molecule has 5 rings (SSSR count). The summed E-state index contributed by atoms with van der Waals surface area (Å²) in [7, 11) is 0. The van der Waals surface area contributed by atoms with E-state index in [1.807, 2.05) is 18.2 Å². The molecule has 6 heteroatoms. The minimum absolute atomic E-state index is 0.0809. The first-order chi connectivity index (χ1) is 18.5. The Morgan fingerprint density at radius 1 is 0.921 bits per heavy atom. The molecule has 38 heavy (non-hydrogen) atoms. The Hall–Kier alpha value is -4.09. The van der Waals surface area contributed by atoms with Gasteiger partial charge >= 0.3 is 5.97 Å². The monoisotopic (exact) mass is 526 g/mol. The molecule has 0 spiro atoms. The number of carboxylic acid groups (broad SMARTS) is 1. The molecule has 0 radical (unpaired) electrons. The Balaban J connectivity index is 1.16. The van der Waals surface area contributed by atoms with Gasteiger partial charge in [0.2, 0.25) is 0 Å². The third-order valence-electron chi connectivity index (χ3n) is 6.74. The lowest BCUT2D eigenvalue weighted by Gasteiger charge is -2.24. The lowest BCUT2D eigenvalue weighted by atomic mass is 9.93. The number of Topliss-reactive ketones (excluding diaryl/α,β-unsaturated/α-hetero) is 1. The number of carbonyl (C=O) groups is 2. The molecule has 0 bridgehead atoms. The molecule has 1 N–H and O–H groups in total. The summed E-state index contributed by atoms with van der Waals surface area (Å²) in [4.78, 5) is 24.3. The molecular formula is C32H27ClO5. The van der Waals surface area contributed by atoms with E-state index in [4.69, 9.17) is 21.1 Å². The first-order valence-electron chi connectivity index (χ1n) is 12.6. The molecule has 1 unspecified atom stereocenters. The number of halogens is 1. The minimum atomic E-state index is -0.902. The van der Waals surface area contributed by atoms with E-state index in [0.717, 1.165) is 12.8 Å². The number of fused-ring (bicyclic) bond motifs is 1. The van der Waals surface area contributed by atoms with Crippen LogP contribution in [-0.4, -0.2) is 23.5 Å². The summed E-state index contributed by atoms with van der Waals surface area (Å²) >= 11 is 6.38. The predicted octanol–water partition coefficient (Wildman–Crippen LogP) is 7.96. The van der Waals surface area contributed by atoms with Crippen LogP contribution in [0, 0.1) is 0 Å². The summed E-state index contributed by atoms with van der Waals surface area (Å²) in [6.45, 7) is 0.320. The molecule has 0 aromatic heterocycles. The smallest absolute Gasteiger partial charge is 0.311 e. The second kappa shape index (κ2) is 11.5. The number of benzene rings is 4. The second-order valence-corrected chi connectivity index (χ2v) is 9.72. The Kier molecular flexibility index (Phi) is 7.75. The molecule has 0 amide bonds. The maximum absolute atomic E-state index is 12.7. The summed E-state index contributed by atoms with van der Waals surface area (Å²) in [5, 5.41) is 9.76. The summed E-state index contributed by atoms with van der Waals surface area (Å²) < 4.78 is 11.6. The Morgan fingerprint density at radius 3 is 2.34 bits per heavy atom. The molecule has 1 aliphatic heterocycles. The van der Waals surface area contributed by atoms with Gasteiger partial charge < -0.3 is 14.6 Å². The van der Waals surface area contributed by atoms with E-state index in [0.29, 0.717) is 52.8 Å². The fourth-order valence-electron chi connectivity index (χ4n) is 4.65. The van der Waals surface area contributed by atoms with Crippen LogP contribution in [0.2, 0.25) is 5.02 Å². The third kappa shape index (κ3) is 5.90. The minimum Gasteiger partial charge on any atom is -0.493 e. The van der Waals surface area contributed by atoms with Crippen LogP contribution in [0.4, 0.5) is 0 Å². The summed E-state index contributed by atoms with van der Waals surface area (Å²) in [5.41, 5.74) is 4.76. The van der Waals surface area contributed by atoms with Crippen LogP contribution in [0.15, 0.2) is 91.0 Å². The average Bonchev–Trinajstić information content (AvgIpc) is 2.94. The maximum atomic E-state index is 12.7. The molecule has 0 aliphatic carbocycles. The molecule has 5 nitrogen and oxygen atoms in total. The normalized spacial score (nSPS) is 14.3. The van der Waals surface area contributed by atoms with E-state index in [9.17, 15) is 14.7 Å². The van der Waals surface area contributed by atoms with Gasteiger partial charge in [0.1, 0.15) is 17.2 Å². The van der Waals surface area contributed by atoms with Gasteiger partial charge in [-0.3, -0.25) is 9.59 Å². The molecule has 192 valence electrons. The number of hydrogen-bond donors (Lipinski definition) is 1. The fourth-order valence-corrected chi connectivity index (χ4v) is 4.86. The third-order valence-corrected chi connectivity index (χ3v) is 7.03. The standard InChI is InChI=1S/C32H27ClO5/c33-28-19-27-26(32(35)36)17-18-37-30(27)20-31(28)38-25-15-13-24(14-16-25)29(34)8-4-5-21-9-11-23(12-10-21)22-6-2-1-3-7-22/h1-3,6-7,9-16,19-20,26H,4-5,8,17-18H2,(H,35,36). The van der Waals surface area contributed by atoms with Crippen molar-refractivity contribution in [2.24, 2.45) is 0 Å². The molecule has 4 aromatic rings. The molecule has 0 saturated carbocycles. The van der Waals surface area contributed by atoms with Crippen LogP contribution in [-0.2, 0) is 11.2 Å². The number of carbonyl (C=O) groups excluding carboxylic acids is 1. The largest absolute Gasteiger partial charge is 0.493 e. The molecule has 4 aromatic carbocycles. The van der Waals surface area contributed by atoms with Crippen molar-refractivity contribution in [1.29, 1.82) is 0 Å². The highest BCUT2D eigenvalue weighted by Crippen LogP contribution is 2.41. The van der Waals surface area contributed by atoms with Gasteiger partial charge in [-0.05, 0) is 66.3 Å². The summed E-state index contributed by atoms with van der Waals surface area (Å²) in [5.74, 6) is -0.118.